The van der Waals surface area contributed by atoms with Crippen molar-refractivity contribution in [1.82, 2.24) is 0 Å². The van der Waals surface area contributed by atoms with Gasteiger partial charge in [-0.2, -0.15) is 0 Å². The van der Waals surface area contributed by atoms with Gasteiger partial charge in [-0.15, -0.1) is 0 Å². The molecule has 4 nitrogen and oxygen atoms in total. The Morgan fingerprint density at radius 2 is 1.29 bits per heavy atom. The zero-order valence-corrected chi connectivity index (χ0v) is 16.7. The van der Waals surface area contributed by atoms with Crippen LogP contribution < -0.4 is 0 Å². The minimum absolute atomic E-state index is 0.00161. The minimum atomic E-state index is -2.79. The molecule has 3 rings (SSSR count). The Hall–Kier alpha value is -1.11. The summed E-state index contributed by atoms with van der Waals surface area (Å²) in [4.78, 5) is 24.7. The molecular weight excluding hydrogens is 419 g/mol. The van der Waals surface area contributed by atoms with Crippen molar-refractivity contribution in [2.75, 3.05) is 0 Å². The molecular formula is C19H25IO4. The second kappa shape index (κ2) is 7.42. The molecule has 24 heavy (non-hydrogen) atoms. The SMILES string of the molecule is Cc1cc(C)c(I(OC(=O)C2CCC2)OC(=O)C2CCC2)c(C)c1. The maximum atomic E-state index is 12.4. The average Bonchev–Trinajstić information content (AvgIpc) is 2.32. The third-order valence-corrected chi connectivity index (χ3v) is 9.15. The number of benzene rings is 1. The van der Waals surface area contributed by atoms with Crippen molar-refractivity contribution in [1.29, 1.82) is 0 Å². The molecule has 0 N–H and O–H groups in total. The van der Waals surface area contributed by atoms with Gasteiger partial charge in [0.25, 0.3) is 0 Å². The van der Waals surface area contributed by atoms with E-state index < -0.39 is 20.6 Å². The first-order valence-electron chi connectivity index (χ1n) is 8.68. The number of hydrogen-bond donors (Lipinski definition) is 0. The van der Waals surface area contributed by atoms with Crippen molar-refractivity contribution >= 4 is 32.6 Å². The van der Waals surface area contributed by atoms with E-state index in [0.717, 1.165) is 53.2 Å². The molecule has 0 bridgehead atoms. The number of halogens is 1. The van der Waals surface area contributed by atoms with E-state index in [1.807, 2.05) is 20.8 Å². The van der Waals surface area contributed by atoms with Gasteiger partial charge in [-0.3, -0.25) is 0 Å². The molecule has 2 aliphatic carbocycles. The normalized spacial score (nSPS) is 18.4. The van der Waals surface area contributed by atoms with Crippen molar-refractivity contribution in [3.8, 4) is 0 Å². The molecule has 1 aromatic carbocycles. The van der Waals surface area contributed by atoms with Gasteiger partial charge in [0.15, 0.2) is 0 Å². The van der Waals surface area contributed by atoms with Crippen molar-refractivity contribution in [3.63, 3.8) is 0 Å². The van der Waals surface area contributed by atoms with Gasteiger partial charge in [0, 0.05) is 0 Å². The summed E-state index contributed by atoms with van der Waals surface area (Å²) in [5.74, 6) is -0.351. The van der Waals surface area contributed by atoms with Gasteiger partial charge in [-0.25, -0.2) is 0 Å². The standard InChI is InChI=1S/C19H25IO4/c1-12-10-13(2)17(14(3)11-12)20(23-18(21)15-6-4-7-15)24-19(22)16-8-5-9-16/h10-11,15-16H,4-9H2,1-3H3. The molecule has 0 aromatic heterocycles. The van der Waals surface area contributed by atoms with Crippen LogP contribution in [0.2, 0.25) is 0 Å². The Morgan fingerprint density at radius 3 is 1.62 bits per heavy atom. The van der Waals surface area contributed by atoms with E-state index in [2.05, 4.69) is 12.1 Å². The van der Waals surface area contributed by atoms with Gasteiger partial charge < -0.3 is 0 Å². The summed E-state index contributed by atoms with van der Waals surface area (Å²) in [6, 6.07) is 4.14. The molecule has 0 saturated heterocycles. The molecule has 0 radical (unpaired) electrons. The van der Waals surface area contributed by atoms with Gasteiger partial charge in [0.2, 0.25) is 0 Å². The quantitative estimate of drug-likeness (QED) is 0.613. The van der Waals surface area contributed by atoms with Crippen LogP contribution in [0.3, 0.4) is 0 Å². The molecule has 0 heterocycles. The second-order valence-corrected chi connectivity index (χ2v) is 10.2. The molecule has 5 heteroatoms. The van der Waals surface area contributed by atoms with Crippen LogP contribution >= 0.6 is 20.6 Å². The predicted molar refractivity (Wildman–Crippen MR) is 100 cm³/mol. The van der Waals surface area contributed by atoms with E-state index >= 15 is 0 Å². The first-order chi connectivity index (χ1) is 11.5. The Bertz CT molecular complexity index is 596. The first kappa shape index (κ1) is 17.7. The molecule has 1 aromatic rings. The number of hydrogen-bond acceptors (Lipinski definition) is 4. The van der Waals surface area contributed by atoms with E-state index in [1.54, 1.807) is 0 Å². The summed E-state index contributed by atoms with van der Waals surface area (Å²) in [6.07, 6.45) is 5.74. The number of carbonyl (C=O) groups is 2. The van der Waals surface area contributed by atoms with E-state index in [4.69, 9.17) is 6.13 Å². The summed E-state index contributed by atoms with van der Waals surface area (Å²) >= 11 is -2.79. The molecule has 0 amide bonds. The summed E-state index contributed by atoms with van der Waals surface area (Å²) in [5.41, 5.74) is 3.28. The molecule has 0 atom stereocenters. The summed E-state index contributed by atoms with van der Waals surface area (Å²) < 4.78 is 12.6. The van der Waals surface area contributed by atoms with Crippen LogP contribution in [0.5, 0.6) is 0 Å². The van der Waals surface area contributed by atoms with Crippen molar-refractivity contribution in [2.45, 2.75) is 59.3 Å². The van der Waals surface area contributed by atoms with E-state index in [-0.39, 0.29) is 23.8 Å². The predicted octanol–water partition coefficient (Wildman–Crippen LogP) is 4.80. The second-order valence-electron chi connectivity index (χ2n) is 6.98. The van der Waals surface area contributed by atoms with Gasteiger partial charge in [0.05, 0.1) is 0 Å². The molecule has 132 valence electrons. The fourth-order valence-corrected chi connectivity index (χ4v) is 6.79. The monoisotopic (exact) mass is 444 g/mol. The maximum absolute atomic E-state index is 12.4. The van der Waals surface area contributed by atoms with Crippen molar-refractivity contribution < 1.29 is 15.7 Å². The molecule has 0 spiro atoms. The Morgan fingerprint density at radius 1 is 0.875 bits per heavy atom. The zero-order chi connectivity index (χ0) is 17.3. The van der Waals surface area contributed by atoms with Crippen LogP contribution in [-0.2, 0) is 15.7 Å². The molecule has 2 aliphatic rings. The van der Waals surface area contributed by atoms with E-state index in [1.165, 1.54) is 5.56 Å². The fraction of sp³-hybridized carbons (Fsp3) is 0.579. The van der Waals surface area contributed by atoms with Crippen LogP contribution in [-0.4, -0.2) is 11.9 Å². The summed E-state index contributed by atoms with van der Waals surface area (Å²) in [5, 5.41) is 0. The van der Waals surface area contributed by atoms with Crippen LogP contribution in [0.4, 0.5) is 0 Å². The fourth-order valence-electron chi connectivity index (χ4n) is 3.05. The van der Waals surface area contributed by atoms with Crippen LogP contribution in [0.15, 0.2) is 12.1 Å². The molecule has 0 unspecified atom stereocenters. The molecule has 2 fully saturated rings. The Balaban J connectivity index is 1.82. The third-order valence-electron chi connectivity index (χ3n) is 4.90. The average molecular weight is 444 g/mol. The van der Waals surface area contributed by atoms with E-state index in [9.17, 15) is 9.59 Å². The van der Waals surface area contributed by atoms with E-state index in [0.29, 0.717) is 0 Å². The van der Waals surface area contributed by atoms with Crippen molar-refractivity contribution in [2.24, 2.45) is 11.8 Å². The van der Waals surface area contributed by atoms with Gasteiger partial charge in [-0.1, -0.05) is 0 Å². The topological polar surface area (TPSA) is 52.6 Å². The van der Waals surface area contributed by atoms with Gasteiger partial charge >= 0.3 is 152 Å². The number of rotatable bonds is 5. The summed E-state index contributed by atoms with van der Waals surface area (Å²) in [7, 11) is 0. The van der Waals surface area contributed by atoms with Gasteiger partial charge in [0.1, 0.15) is 0 Å². The first-order valence-corrected chi connectivity index (χ1v) is 11.5. The number of carbonyl (C=O) groups excluding carboxylic acids is 2. The van der Waals surface area contributed by atoms with Crippen LogP contribution in [0, 0.1) is 36.2 Å². The van der Waals surface area contributed by atoms with Crippen molar-refractivity contribution in [3.05, 3.63) is 32.4 Å². The molecule has 2 saturated carbocycles. The Labute approximate surface area is 151 Å². The number of aryl methyl sites for hydroxylation is 3. The summed E-state index contributed by atoms with van der Waals surface area (Å²) in [6.45, 7) is 6.06. The molecule has 0 aliphatic heterocycles. The van der Waals surface area contributed by atoms with Crippen LogP contribution in [0.25, 0.3) is 0 Å². The zero-order valence-electron chi connectivity index (χ0n) is 14.6. The Kier molecular flexibility index (Phi) is 5.47. The van der Waals surface area contributed by atoms with Crippen LogP contribution in [0.1, 0.15) is 55.2 Å². The third kappa shape index (κ3) is 3.76. The van der Waals surface area contributed by atoms with Gasteiger partial charge in [-0.05, 0) is 0 Å².